The summed E-state index contributed by atoms with van der Waals surface area (Å²) in [5.41, 5.74) is 5.86. The second kappa shape index (κ2) is 8.19. The first kappa shape index (κ1) is 21.4. The molecule has 154 valence electrons. The molecule has 0 bridgehead atoms. The van der Waals surface area contributed by atoms with E-state index in [1.807, 2.05) is 61.5 Å². The molecule has 2 amide bonds. The van der Waals surface area contributed by atoms with E-state index in [0.717, 1.165) is 15.6 Å². The SMILES string of the molecule is C[C@@H](c1ccc(Br)cc1)N1CCC(CC(C)(C)C(N)=O)(c2ccccc2)OC1=O. The van der Waals surface area contributed by atoms with Crippen LogP contribution >= 0.6 is 15.9 Å². The zero-order valence-electron chi connectivity index (χ0n) is 17.0. The van der Waals surface area contributed by atoms with Crippen molar-refractivity contribution in [1.82, 2.24) is 4.90 Å². The molecule has 1 aliphatic rings. The molecule has 1 unspecified atom stereocenters. The smallest absolute Gasteiger partial charge is 0.411 e. The molecule has 0 aromatic heterocycles. The van der Waals surface area contributed by atoms with E-state index in [1.165, 1.54) is 0 Å². The summed E-state index contributed by atoms with van der Waals surface area (Å²) in [4.78, 5) is 26.8. The number of amides is 2. The van der Waals surface area contributed by atoms with E-state index < -0.39 is 16.9 Å². The van der Waals surface area contributed by atoms with Crippen molar-refractivity contribution in [3.63, 3.8) is 0 Å². The minimum absolute atomic E-state index is 0.117. The number of nitrogens with zero attached hydrogens (tertiary/aromatic N) is 1. The summed E-state index contributed by atoms with van der Waals surface area (Å²) >= 11 is 3.44. The van der Waals surface area contributed by atoms with Gasteiger partial charge in [0.1, 0.15) is 5.60 Å². The van der Waals surface area contributed by atoms with Crippen LogP contribution in [0.5, 0.6) is 0 Å². The first-order valence-corrected chi connectivity index (χ1v) is 10.5. The standard InChI is InChI=1S/C23H27BrN2O3/c1-16(17-9-11-19(24)12-10-17)26-14-13-23(29-21(26)28,15-22(2,3)20(25)27)18-7-5-4-6-8-18/h4-12,16H,13-15H2,1-3H3,(H2,25,27)/t16-,23?/m0/s1. The number of ether oxygens (including phenoxy) is 1. The van der Waals surface area contributed by atoms with Crippen LogP contribution in [-0.2, 0) is 15.1 Å². The third kappa shape index (κ3) is 4.47. The highest BCUT2D eigenvalue weighted by Gasteiger charge is 2.48. The summed E-state index contributed by atoms with van der Waals surface area (Å²) in [7, 11) is 0. The predicted octanol–water partition coefficient (Wildman–Crippen LogP) is 5.15. The highest BCUT2D eigenvalue weighted by Crippen LogP contribution is 2.44. The van der Waals surface area contributed by atoms with Gasteiger partial charge in [-0.3, -0.25) is 4.79 Å². The Kier molecular flexibility index (Phi) is 6.03. The summed E-state index contributed by atoms with van der Waals surface area (Å²) in [6.07, 6.45) is 0.544. The van der Waals surface area contributed by atoms with Crippen molar-refractivity contribution >= 4 is 27.9 Å². The van der Waals surface area contributed by atoms with Crippen molar-refractivity contribution in [3.8, 4) is 0 Å². The molecule has 0 aliphatic carbocycles. The van der Waals surface area contributed by atoms with E-state index >= 15 is 0 Å². The molecule has 1 fully saturated rings. The molecule has 0 radical (unpaired) electrons. The van der Waals surface area contributed by atoms with E-state index in [-0.39, 0.29) is 12.1 Å². The molecule has 29 heavy (non-hydrogen) atoms. The van der Waals surface area contributed by atoms with Crippen LogP contribution in [-0.4, -0.2) is 23.4 Å². The van der Waals surface area contributed by atoms with Gasteiger partial charge < -0.3 is 15.4 Å². The molecule has 2 aromatic carbocycles. The zero-order valence-corrected chi connectivity index (χ0v) is 18.6. The molecule has 0 saturated carbocycles. The lowest BCUT2D eigenvalue weighted by molar-refractivity contribution is -0.133. The molecule has 5 nitrogen and oxygen atoms in total. The van der Waals surface area contributed by atoms with Gasteiger partial charge >= 0.3 is 6.09 Å². The van der Waals surface area contributed by atoms with Gasteiger partial charge in [0.05, 0.1) is 6.04 Å². The first-order valence-electron chi connectivity index (χ1n) is 9.75. The highest BCUT2D eigenvalue weighted by atomic mass is 79.9. The lowest BCUT2D eigenvalue weighted by Crippen LogP contribution is -2.51. The lowest BCUT2D eigenvalue weighted by Gasteiger charge is -2.45. The second-order valence-electron chi connectivity index (χ2n) is 8.32. The van der Waals surface area contributed by atoms with Crippen LogP contribution in [0.15, 0.2) is 59.1 Å². The molecular formula is C23H27BrN2O3. The first-order chi connectivity index (χ1) is 13.6. The molecular weight excluding hydrogens is 432 g/mol. The van der Waals surface area contributed by atoms with Crippen LogP contribution in [0.1, 0.15) is 50.8 Å². The number of carbonyl (C=O) groups is 2. The number of hydrogen-bond donors (Lipinski definition) is 1. The quantitative estimate of drug-likeness (QED) is 0.650. The summed E-state index contributed by atoms with van der Waals surface area (Å²) in [6, 6.07) is 17.4. The number of rotatable bonds is 6. The Hall–Kier alpha value is -2.34. The van der Waals surface area contributed by atoms with E-state index in [0.29, 0.717) is 19.4 Å². The zero-order chi connectivity index (χ0) is 21.2. The third-order valence-corrected chi connectivity index (χ3v) is 6.32. The summed E-state index contributed by atoms with van der Waals surface area (Å²) in [5.74, 6) is -0.408. The maximum atomic E-state index is 13.1. The number of carbonyl (C=O) groups excluding carboxylic acids is 2. The number of primary amides is 1. The van der Waals surface area contributed by atoms with Crippen molar-refractivity contribution in [1.29, 1.82) is 0 Å². The van der Waals surface area contributed by atoms with Crippen molar-refractivity contribution in [2.24, 2.45) is 11.1 Å². The van der Waals surface area contributed by atoms with Gasteiger partial charge in [-0.05, 0) is 30.2 Å². The summed E-state index contributed by atoms with van der Waals surface area (Å²) in [6.45, 7) is 6.11. The maximum absolute atomic E-state index is 13.1. The molecule has 1 heterocycles. The van der Waals surface area contributed by atoms with Crippen LogP contribution in [0.2, 0.25) is 0 Å². The fraction of sp³-hybridized carbons (Fsp3) is 0.391. The average molecular weight is 459 g/mol. The monoisotopic (exact) mass is 458 g/mol. The Morgan fingerprint density at radius 3 is 2.38 bits per heavy atom. The Bertz CT molecular complexity index is 883. The molecule has 0 spiro atoms. The van der Waals surface area contributed by atoms with Crippen molar-refractivity contribution in [3.05, 3.63) is 70.2 Å². The van der Waals surface area contributed by atoms with Crippen molar-refractivity contribution in [2.45, 2.75) is 45.3 Å². The van der Waals surface area contributed by atoms with Crippen LogP contribution in [0.3, 0.4) is 0 Å². The number of halogens is 1. The highest BCUT2D eigenvalue weighted by molar-refractivity contribution is 9.10. The fourth-order valence-corrected chi connectivity index (χ4v) is 4.18. The Labute approximate surface area is 180 Å². The topological polar surface area (TPSA) is 72.6 Å². The Balaban J connectivity index is 1.89. The molecule has 1 aliphatic heterocycles. The van der Waals surface area contributed by atoms with Gasteiger partial charge in [-0.1, -0.05) is 72.2 Å². The second-order valence-corrected chi connectivity index (χ2v) is 9.24. The number of benzene rings is 2. The Morgan fingerprint density at radius 2 is 1.83 bits per heavy atom. The van der Waals surface area contributed by atoms with E-state index in [4.69, 9.17) is 10.5 Å². The van der Waals surface area contributed by atoms with Crippen LogP contribution in [0.4, 0.5) is 4.79 Å². The number of nitrogens with two attached hydrogens (primary N) is 1. The number of hydrogen-bond acceptors (Lipinski definition) is 3. The van der Waals surface area contributed by atoms with Crippen LogP contribution in [0, 0.1) is 5.41 Å². The summed E-state index contributed by atoms with van der Waals surface area (Å²) < 4.78 is 7.09. The van der Waals surface area contributed by atoms with Gasteiger partial charge in [0.15, 0.2) is 0 Å². The largest absolute Gasteiger partial charge is 0.438 e. The minimum atomic E-state index is -0.882. The van der Waals surface area contributed by atoms with Crippen molar-refractivity contribution < 1.29 is 14.3 Å². The van der Waals surface area contributed by atoms with Gasteiger partial charge in [0.2, 0.25) is 5.91 Å². The van der Waals surface area contributed by atoms with E-state index in [9.17, 15) is 9.59 Å². The lowest BCUT2D eigenvalue weighted by atomic mass is 9.74. The molecule has 6 heteroatoms. The molecule has 3 rings (SSSR count). The van der Waals surface area contributed by atoms with Crippen LogP contribution in [0.25, 0.3) is 0 Å². The van der Waals surface area contributed by atoms with Gasteiger partial charge in [0, 0.05) is 29.3 Å². The van der Waals surface area contributed by atoms with Gasteiger partial charge in [0.25, 0.3) is 0 Å². The normalized spacial score (nSPS) is 20.8. The summed E-state index contributed by atoms with van der Waals surface area (Å²) in [5, 5.41) is 0. The van der Waals surface area contributed by atoms with E-state index in [1.54, 1.807) is 18.7 Å². The average Bonchev–Trinajstić information content (AvgIpc) is 2.68. The van der Waals surface area contributed by atoms with Crippen LogP contribution < -0.4 is 5.73 Å². The molecule has 1 saturated heterocycles. The van der Waals surface area contributed by atoms with Gasteiger partial charge in [-0.25, -0.2) is 4.79 Å². The number of cyclic esters (lactones) is 1. The molecule has 2 N–H and O–H groups in total. The van der Waals surface area contributed by atoms with Gasteiger partial charge in [-0.2, -0.15) is 0 Å². The Morgan fingerprint density at radius 1 is 1.21 bits per heavy atom. The minimum Gasteiger partial charge on any atom is -0.438 e. The van der Waals surface area contributed by atoms with Gasteiger partial charge in [-0.15, -0.1) is 0 Å². The van der Waals surface area contributed by atoms with E-state index in [2.05, 4.69) is 15.9 Å². The predicted molar refractivity (Wildman–Crippen MR) is 116 cm³/mol. The fourth-order valence-electron chi connectivity index (χ4n) is 3.91. The molecule has 2 atom stereocenters. The molecule has 2 aromatic rings. The third-order valence-electron chi connectivity index (χ3n) is 5.79. The van der Waals surface area contributed by atoms with Crippen molar-refractivity contribution in [2.75, 3.05) is 6.54 Å². The maximum Gasteiger partial charge on any atom is 0.411 e.